The van der Waals surface area contributed by atoms with E-state index in [1.807, 2.05) is 0 Å². The van der Waals surface area contributed by atoms with Crippen molar-refractivity contribution in [3.05, 3.63) is 40.3 Å². The Morgan fingerprint density at radius 1 is 1.41 bits per heavy atom. The molecule has 1 aromatic carbocycles. The molecule has 0 aliphatic rings. The highest BCUT2D eigenvalue weighted by Gasteiger charge is 2.25. The Bertz CT molecular complexity index is 861. The molecule has 0 fully saturated rings. The Balaban J connectivity index is 2.56. The number of hydrogen-bond donors (Lipinski definition) is 1. The summed E-state index contributed by atoms with van der Waals surface area (Å²) in [5.74, 6) is -2.31. The van der Waals surface area contributed by atoms with Crippen molar-refractivity contribution in [1.29, 1.82) is 0 Å². The van der Waals surface area contributed by atoms with Crippen molar-refractivity contribution in [1.82, 2.24) is 9.78 Å². The standard InChI is InChI=1S/C13H12ClFN2O4S/c1-3-17-13(19)8(6-16-17)12(18)7-4-5-9(22(2,20)21)11(15)10(7)14/h4-6,19H,3H2,1-2H3. The molecule has 1 aromatic heterocycles. The molecule has 2 aromatic rings. The van der Waals surface area contributed by atoms with Crippen molar-refractivity contribution in [2.45, 2.75) is 18.4 Å². The number of aryl methyl sites for hydroxylation is 1. The van der Waals surface area contributed by atoms with Crippen LogP contribution in [0.3, 0.4) is 0 Å². The van der Waals surface area contributed by atoms with Gasteiger partial charge in [0.2, 0.25) is 11.7 Å². The molecule has 0 aliphatic carbocycles. The van der Waals surface area contributed by atoms with Crippen molar-refractivity contribution < 1.29 is 22.7 Å². The van der Waals surface area contributed by atoms with Gasteiger partial charge in [0.25, 0.3) is 0 Å². The third-order valence-corrected chi connectivity index (χ3v) is 4.53. The first-order valence-corrected chi connectivity index (χ1v) is 8.43. The van der Waals surface area contributed by atoms with E-state index < -0.39 is 31.4 Å². The number of ketones is 1. The summed E-state index contributed by atoms with van der Waals surface area (Å²) >= 11 is 5.77. The molecule has 22 heavy (non-hydrogen) atoms. The second-order valence-electron chi connectivity index (χ2n) is 4.54. The Labute approximate surface area is 131 Å². The van der Waals surface area contributed by atoms with Crippen LogP contribution < -0.4 is 0 Å². The van der Waals surface area contributed by atoms with E-state index in [0.717, 1.165) is 24.6 Å². The van der Waals surface area contributed by atoms with Crippen LogP contribution in [0, 0.1) is 5.82 Å². The fraction of sp³-hybridized carbons (Fsp3) is 0.231. The van der Waals surface area contributed by atoms with Crippen LogP contribution in [-0.2, 0) is 16.4 Å². The predicted molar refractivity (Wildman–Crippen MR) is 77.5 cm³/mol. The Morgan fingerprint density at radius 2 is 2.05 bits per heavy atom. The molecular weight excluding hydrogens is 335 g/mol. The molecule has 6 nitrogen and oxygen atoms in total. The van der Waals surface area contributed by atoms with Crippen LogP contribution in [0.1, 0.15) is 22.8 Å². The van der Waals surface area contributed by atoms with Crippen LogP contribution in [0.2, 0.25) is 5.02 Å². The van der Waals surface area contributed by atoms with E-state index in [2.05, 4.69) is 5.10 Å². The molecule has 118 valence electrons. The van der Waals surface area contributed by atoms with Gasteiger partial charge in [-0.3, -0.25) is 4.79 Å². The van der Waals surface area contributed by atoms with Gasteiger partial charge in [-0.15, -0.1) is 0 Å². The van der Waals surface area contributed by atoms with E-state index in [1.54, 1.807) is 6.92 Å². The van der Waals surface area contributed by atoms with Gasteiger partial charge in [-0.1, -0.05) is 11.6 Å². The number of sulfone groups is 1. The number of benzene rings is 1. The first kappa shape index (κ1) is 16.4. The molecular formula is C13H12ClFN2O4S. The van der Waals surface area contributed by atoms with Crippen molar-refractivity contribution in [2.24, 2.45) is 0 Å². The maximum Gasteiger partial charge on any atom is 0.220 e. The Hall–Kier alpha value is -1.93. The van der Waals surface area contributed by atoms with Gasteiger partial charge < -0.3 is 5.11 Å². The third kappa shape index (κ3) is 2.71. The second-order valence-corrected chi connectivity index (χ2v) is 6.90. The van der Waals surface area contributed by atoms with Gasteiger partial charge >= 0.3 is 0 Å². The summed E-state index contributed by atoms with van der Waals surface area (Å²) in [4.78, 5) is 11.7. The SMILES string of the molecule is CCn1ncc(C(=O)c2ccc(S(C)(=O)=O)c(F)c2Cl)c1O. The summed E-state index contributed by atoms with van der Waals surface area (Å²) in [5, 5.41) is 13.0. The van der Waals surface area contributed by atoms with Gasteiger partial charge in [-0.25, -0.2) is 17.5 Å². The number of carbonyl (C=O) groups is 1. The van der Waals surface area contributed by atoms with Gasteiger partial charge in [0.15, 0.2) is 15.7 Å². The van der Waals surface area contributed by atoms with Crippen molar-refractivity contribution >= 4 is 27.2 Å². The van der Waals surface area contributed by atoms with E-state index in [0.29, 0.717) is 6.54 Å². The highest BCUT2D eigenvalue weighted by Crippen LogP contribution is 2.29. The molecule has 1 N–H and O–H groups in total. The first-order chi connectivity index (χ1) is 10.2. The maximum atomic E-state index is 14.1. The lowest BCUT2D eigenvalue weighted by molar-refractivity contribution is 0.103. The Morgan fingerprint density at radius 3 is 2.55 bits per heavy atom. The average molecular weight is 347 g/mol. The predicted octanol–water partition coefficient (Wildman–Crippen LogP) is 2.04. The summed E-state index contributed by atoms with van der Waals surface area (Å²) in [6.45, 7) is 2.06. The maximum absolute atomic E-state index is 14.1. The van der Waals surface area contributed by atoms with E-state index in [4.69, 9.17) is 11.6 Å². The summed E-state index contributed by atoms with van der Waals surface area (Å²) < 4.78 is 38.1. The molecule has 0 amide bonds. The number of aromatic nitrogens is 2. The zero-order valence-corrected chi connectivity index (χ0v) is 13.2. The lowest BCUT2D eigenvalue weighted by atomic mass is 10.1. The number of nitrogens with zero attached hydrogens (tertiary/aromatic N) is 2. The van der Waals surface area contributed by atoms with Crippen molar-refractivity contribution in [2.75, 3.05) is 6.26 Å². The van der Waals surface area contributed by atoms with Crippen LogP contribution in [0.5, 0.6) is 5.88 Å². The van der Waals surface area contributed by atoms with E-state index in [1.165, 1.54) is 4.68 Å². The van der Waals surface area contributed by atoms with Gasteiger partial charge in [-0.05, 0) is 19.1 Å². The molecule has 0 spiro atoms. The minimum atomic E-state index is -3.81. The lowest BCUT2D eigenvalue weighted by Gasteiger charge is -2.07. The summed E-state index contributed by atoms with van der Waals surface area (Å²) in [6.07, 6.45) is 1.97. The molecule has 0 bridgehead atoms. The minimum Gasteiger partial charge on any atom is -0.493 e. The molecule has 1 heterocycles. The van der Waals surface area contributed by atoms with Crippen LogP contribution in [0.25, 0.3) is 0 Å². The summed E-state index contributed by atoms with van der Waals surface area (Å²) in [5.41, 5.74) is -0.396. The normalized spacial score (nSPS) is 11.6. The lowest BCUT2D eigenvalue weighted by Crippen LogP contribution is -2.07. The molecule has 2 rings (SSSR count). The van der Waals surface area contributed by atoms with E-state index in [9.17, 15) is 22.7 Å². The number of aromatic hydroxyl groups is 1. The fourth-order valence-electron chi connectivity index (χ4n) is 1.91. The number of rotatable bonds is 4. The molecule has 0 saturated heterocycles. The van der Waals surface area contributed by atoms with Gasteiger partial charge in [-0.2, -0.15) is 5.10 Å². The fourth-order valence-corrected chi connectivity index (χ4v) is 2.96. The second kappa shape index (κ2) is 5.69. The van der Waals surface area contributed by atoms with Crippen LogP contribution in [-0.4, -0.2) is 35.3 Å². The zero-order chi connectivity index (χ0) is 16.7. The van der Waals surface area contributed by atoms with Crippen LogP contribution in [0.15, 0.2) is 23.2 Å². The molecule has 9 heteroatoms. The van der Waals surface area contributed by atoms with Crippen molar-refractivity contribution in [3.8, 4) is 5.88 Å². The van der Waals surface area contributed by atoms with Gasteiger partial charge in [0, 0.05) is 18.4 Å². The zero-order valence-electron chi connectivity index (χ0n) is 11.7. The van der Waals surface area contributed by atoms with Gasteiger partial charge in [0.05, 0.1) is 11.2 Å². The number of halogens is 2. The largest absolute Gasteiger partial charge is 0.493 e. The quantitative estimate of drug-likeness (QED) is 0.856. The summed E-state index contributed by atoms with van der Waals surface area (Å²) in [6, 6.07) is 2.07. The van der Waals surface area contributed by atoms with Crippen LogP contribution >= 0.6 is 11.6 Å². The molecule has 0 atom stereocenters. The minimum absolute atomic E-state index is 0.143. The van der Waals surface area contributed by atoms with E-state index in [-0.39, 0.29) is 17.0 Å². The Kier molecular flexibility index (Phi) is 4.25. The molecule has 0 aliphatic heterocycles. The van der Waals surface area contributed by atoms with Gasteiger partial charge in [0.1, 0.15) is 10.5 Å². The monoisotopic (exact) mass is 346 g/mol. The van der Waals surface area contributed by atoms with Crippen LogP contribution in [0.4, 0.5) is 4.39 Å². The first-order valence-electron chi connectivity index (χ1n) is 6.16. The number of hydrogen-bond acceptors (Lipinski definition) is 5. The molecule has 0 unspecified atom stereocenters. The highest BCUT2D eigenvalue weighted by atomic mass is 35.5. The molecule has 0 radical (unpaired) electrons. The highest BCUT2D eigenvalue weighted by molar-refractivity contribution is 7.90. The third-order valence-electron chi connectivity index (χ3n) is 3.05. The topological polar surface area (TPSA) is 89.3 Å². The number of carbonyl (C=O) groups excluding carboxylic acids is 1. The van der Waals surface area contributed by atoms with E-state index >= 15 is 0 Å². The average Bonchev–Trinajstić information content (AvgIpc) is 2.80. The summed E-state index contributed by atoms with van der Waals surface area (Å²) in [7, 11) is -3.81. The smallest absolute Gasteiger partial charge is 0.220 e. The molecule has 0 saturated carbocycles. The van der Waals surface area contributed by atoms with Crippen molar-refractivity contribution in [3.63, 3.8) is 0 Å².